The topological polar surface area (TPSA) is 97.1 Å². The van der Waals surface area contributed by atoms with Crippen LogP contribution in [0.25, 0.3) is 0 Å². The number of carbonyl (C=O) groups excluding carboxylic acids is 2. The molecule has 1 aromatic rings. The van der Waals surface area contributed by atoms with Gasteiger partial charge >= 0.3 is 11.9 Å². The number of nitrogens with two attached hydrogens (primary N) is 1. The van der Waals surface area contributed by atoms with E-state index in [2.05, 4.69) is 6.92 Å². The molecule has 0 saturated heterocycles. The average Bonchev–Trinajstić information content (AvgIpc) is 2.74. The Kier molecular flexibility index (Phi) is 10.5. The zero-order valence-corrected chi connectivity index (χ0v) is 18.3. The third-order valence-corrected chi connectivity index (χ3v) is 5.02. The molecule has 0 fully saturated rings. The second-order valence-electron chi connectivity index (χ2n) is 7.30. The normalized spacial score (nSPS) is 12.2. The fourth-order valence-electron chi connectivity index (χ4n) is 3.18. The van der Waals surface area contributed by atoms with E-state index in [0.29, 0.717) is 18.1 Å². The van der Waals surface area contributed by atoms with Crippen LogP contribution in [-0.4, -0.2) is 39.9 Å². The van der Waals surface area contributed by atoms with E-state index < -0.39 is 23.4 Å². The SMILES string of the molecule is CCCCCCCOc1ccc(C(N)CC(C)(C(=O)OC)C(=O)OC)cc1OC. The molecule has 0 saturated carbocycles. The van der Waals surface area contributed by atoms with Gasteiger partial charge < -0.3 is 24.7 Å². The first kappa shape index (κ1) is 24.8. The highest BCUT2D eigenvalue weighted by atomic mass is 16.5. The van der Waals surface area contributed by atoms with Crippen LogP contribution in [0.4, 0.5) is 0 Å². The zero-order chi connectivity index (χ0) is 21.9. The van der Waals surface area contributed by atoms with Crippen LogP contribution in [0.3, 0.4) is 0 Å². The number of rotatable bonds is 13. The van der Waals surface area contributed by atoms with Gasteiger partial charge in [-0.2, -0.15) is 0 Å². The van der Waals surface area contributed by atoms with Gasteiger partial charge in [0.2, 0.25) is 0 Å². The lowest BCUT2D eigenvalue weighted by molar-refractivity contribution is -0.168. The quantitative estimate of drug-likeness (QED) is 0.301. The maximum absolute atomic E-state index is 12.2. The standard InChI is InChI=1S/C22H35NO6/c1-6-7-8-9-10-13-29-18-12-11-16(14-19(18)26-3)17(23)15-22(2,20(24)27-4)21(25)28-5/h11-12,14,17H,6-10,13,15,23H2,1-5H3. The van der Waals surface area contributed by atoms with Crippen LogP contribution in [0, 0.1) is 5.41 Å². The van der Waals surface area contributed by atoms with Gasteiger partial charge in [-0.25, -0.2) is 0 Å². The first-order valence-corrected chi connectivity index (χ1v) is 10.1. The van der Waals surface area contributed by atoms with Crippen LogP contribution < -0.4 is 15.2 Å². The van der Waals surface area contributed by atoms with Crippen molar-refractivity contribution in [2.24, 2.45) is 11.1 Å². The van der Waals surface area contributed by atoms with Crippen molar-refractivity contribution in [2.75, 3.05) is 27.9 Å². The fraction of sp³-hybridized carbons (Fsp3) is 0.636. The highest BCUT2D eigenvalue weighted by molar-refractivity contribution is 5.99. The van der Waals surface area contributed by atoms with Gasteiger partial charge in [0.15, 0.2) is 16.9 Å². The molecule has 1 atom stereocenters. The minimum atomic E-state index is -1.50. The Hall–Kier alpha value is -2.28. The van der Waals surface area contributed by atoms with Gasteiger partial charge in [-0.05, 0) is 37.5 Å². The summed E-state index contributed by atoms with van der Waals surface area (Å²) >= 11 is 0. The summed E-state index contributed by atoms with van der Waals surface area (Å²) in [6.07, 6.45) is 5.82. The fourth-order valence-corrected chi connectivity index (χ4v) is 3.18. The number of benzene rings is 1. The molecule has 1 aromatic carbocycles. The molecule has 1 rings (SSSR count). The van der Waals surface area contributed by atoms with E-state index in [1.807, 2.05) is 6.07 Å². The summed E-state index contributed by atoms with van der Waals surface area (Å²) in [5.41, 5.74) is 5.52. The lowest BCUT2D eigenvalue weighted by atomic mass is 9.82. The van der Waals surface area contributed by atoms with E-state index in [1.54, 1.807) is 19.2 Å². The number of ether oxygens (including phenoxy) is 4. The molecule has 0 aliphatic rings. The van der Waals surface area contributed by atoms with E-state index in [9.17, 15) is 9.59 Å². The van der Waals surface area contributed by atoms with Crippen molar-refractivity contribution in [3.05, 3.63) is 23.8 Å². The summed E-state index contributed by atoms with van der Waals surface area (Å²) in [5.74, 6) is -0.170. The van der Waals surface area contributed by atoms with Crippen LogP contribution in [0.5, 0.6) is 11.5 Å². The molecule has 7 heteroatoms. The molecule has 0 amide bonds. The maximum atomic E-state index is 12.2. The van der Waals surface area contributed by atoms with Crippen molar-refractivity contribution < 1.29 is 28.5 Å². The van der Waals surface area contributed by atoms with Gasteiger partial charge in [0.05, 0.1) is 27.9 Å². The summed E-state index contributed by atoms with van der Waals surface area (Å²) in [7, 11) is 4.02. The van der Waals surface area contributed by atoms with Crippen molar-refractivity contribution in [3.8, 4) is 11.5 Å². The van der Waals surface area contributed by atoms with Gasteiger partial charge in [0, 0.05) is 6.04 Å². The monoisotopic (exact) mass is 409 g/mol. The molecule has 1 unspecified atom stereocenters. The number of unbranched alkanes of at least 4 members (excludes halogenated alkanes) is 4. The van der Waals surface area contributed by atoms with Crippen LogP contribution in [-0.2, 0) is 19.1 Å². The Morgan fingerprint density at radius 2 is 1.62 bits per heavy atom. The van der Waals surface area contributed by atoms with E-state index >= 15 is 0 Å². The Bertz CT molecular complexity index is 645. The Balaban J connectivity index is 2.85. The van der Waals surface area contributed by atoms with Crippen molar-refractivity contribution >= 4 is 11.9 Å². The Morgan fingerprint density at radius 3 is 2.17 bits per heavy atom. The van der Waals surface area contributed by atoms with E-state index in [0.717, 1.165) is 18.4 Å². The Labute approximate surface area is 173 Å². The van der Waals surface area contributed by atoms with Crippen LogP contribution >= 0.6 is 0 Å². The highest BCUT2D eigenvalue weighted by Gasteiger charge is 2.45. The maximum Gasteiger partial charge on any atom is 0.322 e. The summed E-state index contributed by atoms with van der Waals surface area (Å²) < 4.78 is 20.8. The number of methoxy groups -OCH3 is 3. The lowest BCUT2D eigenvalue weighted by Gasteiger charge is -2.27. The molecular formula is C22H35NO6. The van der Waals surface area contributed by atoms with Gasteiger partial charge in [-0.3, -0.25) is 9.59 Å². The zero-order valence-electron chi connectivity index (χ0n) is 18.3. The molecule has 7 nitrogen and oxygen atoms in total. The molecule has 0 heterocycles. The predicted octanol–water partition coefficient (Wildman–Crippen LogP) is 3.79. The largest absolute Gasteiger partial charge is 0.493 e. The second-order valence-corrected chi connectivity index (χ2v) is 7.30. The van der Waals surface area contributed by atoms with E-state index in [4.69, 9.17) is 24.7 Å². The first-order valence-electron chi connectivity index (χ1n) is 10.1. The van der Waals surface area contributed by atoms with E-state index in [1.165, 1.54) is 40.4 Å². The van der Waals surface area contributed by atoms with Crippen LogP contribution in [0.2, 0.25) is 0 Å². The molecule has 0 aliphatic carbocycles. The highest BCUT2D eigenvalue weighted by Crippen LogP contribution is 2.35. The molecule has 2 N–H and O–H groups in total. The van der Waals surface area contributed by atoms with Crippen molar-refractivity contribution in [3.63, 3.8) is 0 Å². The average molecular weight is 410 g/mol. The van der Waals surface area contributed by atoms with Crippen molar-refractivity contribution in [2.45, 2.75) is 58.4 Å². The minimum absolute atomic E-state index is 0.0349. The molecule has 0 radical (unpaired) electrons. The number of hydrogen-bond donors (Lipinski definition) is 1. The van der Waals surface area contributed by atoms with Gasteiger partial charge in [0.1, 0.15) is 0 Å². The summed E-state index contributed by atoms with van der Waals surface area (Å²) in [6.45, 7) is 4.28. The molecular weight excluding hydrogens is 374 g/mol. The van der Waals surface area contributed by atoms with Crippen LogP contribution in [0.15, 0.2) is 18.2 Å². The minimum Gasteiger partial charge on any atom is -0.493 e. The Morgan fingerprint density at radius 1 is 1.00 bits per heavy atom. The number of hydrogen-bond acceptors (Lipinski definition) is 7. The molecule has 0 spiro atoms. The third-order valence-electron chi connectivity index (χ3n) is 5.02. The molecule has 0 aliphatic heterocycles. The summed E-state index contributed by atoms with van der Waals surface area (Å²) in [5, 5.41) is 0. The molecule has 0 bridgehead atoms. The van der Waals surface area contributed by atoms with Gasteiger partial charge in [-0.15, -0.1) is 0 Å². The molecule has 0 aromatic heterocycles. The van der Waals surface area contributed by atoms with Crippen molar-refractivity contribution in [1.29, 1.82) is 0 Å². The van der Waals surface area contributed by atoms with E-state index in [-0.39, 0.29) is 6.42 Å². The lowest BCUT2D eigenvalue weighted by Crippen LogP contribution is -2.41. The van der Waals surface area contributed by atoms with Gasteiger partial charge in [-0.1, -0.05) is 38.7 Å². The second kappa shape index (κ2) is 12.3. The van der Waals surface area contributed by atoms with Gasteiger partial charge in [0.25, 0.3) is 0 Å². The number of carbonyl (C=O) groups is 2. The van der Waals surface area contributed by atoms with Crippen LogP contribution in [0.1, 0.15) is 64.0 Å². The molecule has 164 valence electrons. The summed E-state index contributed by atoms with van der Waals surface area (Å²) in [4.78, 5) is 24.3. The first-order chi connectivity index (χ1) is 13.8. The van der Waals surface area contributed by atoms with Crippen molar-refractivity contribution in [1.82, 2.24) is 0 Å². The third kappa shape index (κ3) is 6.92. The smallest absolute Gasteiger partial charge is 0.322 e. The predicted molar refractivity (Wildman–Crippen MR) is 111 cm³/mol. The number of esters is 2. The molecule has 29 heavy (non-hydrogen) atoms. The summed E-state index contributed by atoms with van der Waals surface area (Å²) in [6, 6.07) is 4.78.